The molecule has 0 atom stereocenters. The van der Waals surface area contributed by atoms with Crippen LogP contribution in [0.1, 0.15) is 27.3 Å². The fourth-order valence-corrected chi connectivity index (χ4v) is 3.47. The molecule has 0 aliphatic carbocycles. The first kappa shape index (κ1) is 20.2. The summed E-state index contributed by atoms with van der Waals surface area (Å²) in [6.07, 6.45) is 3.19. The molecule has 3 aromatic rings. The minimum Gasteiger partial charge on any atom is -0.379 e. The number of aryl methyl sites for hydroxylation is 2. The Bertz CT molecular complexity index is 1120. The van der Waals surface area contributed by atoms with Crippen molar-refractivity contribution in [2.45, 2.75) is 20.0 Å². The molecule has 0 saturated carbocycles. The molecule has 0 radical (unpaired) electrons. The van der Waals surface area contributed by atoms with Gasteiger partial charge in [-0.15, -0.1) is 0 Å². The summed E-state index contributed by atoms with van der Waals surface area (Å²) in [5.41, 5.74) is 2.69. The number of aromatic nitrogens is 3. The third-order valence-corrected chi connectivity index (χ3v) is 5.27. The van der Waals surface area contributed by atoms with Gasteiger partial charge in [-0.25, -0.2) is 9.97 Å². The van der Waals surface area contributed by atoms with Crippen LogP contribution in [-0.2, 0) is 24.9 Å². The molecule has 3 heterocycles. The van der Waals surface area contributed by atoms with Gasteiger partial charge in [0.2, 0.25) is 5.43 Å². The molecule has 1 aliphatic heterocycles. The van der Waals surface area contributed by atoms with E-state index in [9.17, 15) is 9.59 Å². The molecular weight excluding hydrogens is 382 g/mol. The number of ether oxygens (including phenoxy) is 1. The summed E-state index contributed by atoms with van der Waals surface area (Å²) in [6, 6.07) is 7.89. The van der Waals surface area contributed by atoms with E-state index >= 15 is 0 Å². The average molecular weight is 407 g/mol. The Balaban J connectivity index is 1.58. The van der Waals surface area contributed by atoms with Gasteiger partial charge in [0.15, 0.2) is 0 Å². The van der Waals surface area contributed by atoms with Gasteiger partial charge < -0.3 is 14.6 Å². The summed E-state index contributed by atoms with van der Waals surface area (Å²) < 4.78 is 7.08. The van der Waals surface area contributed by atoms with Gasteiger partial charge >= 0.3 is 0 Å². The second-order valence-electron chi connectivity index (χ2n) is 7.56. The summed E-state index contributed by atoms with van der Waals surface area (Å²) in [4.78, 5) is 36.8. The highest BCUT2D eigenvalue weighted by molar-refractivity contribution is 5.96. The van der Waals surface area contributed by atoms with Crippen molar-refractivity contribution in [3.05, 3.63) is 69.4 Å². The fourth-order valence-electron chi connectivity index (χ4n) is 3.47. The second-order valence-corrected chi connectivity index (χ2v) is 7.56. The molecule has 156 valence electrons. The van der Waals surface area contributed by atoms with Crippen molar-refractivity contribution in [1.29, 1.82) is 0 Å². The lowest BCUT2D eigenvalue weighted by Crippen LogP contribution is -2.36. The van der Waals surface area contributed by atoms with Gasteiger partial charge in [-0.05, 0) is 12.5 Å². The molecule has 8 heteroatoms. The molecule has 1 aromatic carbocycles. The predicted molar refractivity (Wildman–Crippen MR) is 113 cm³/mol. The van der Waals surface area contributed by atoms with E-state index in [0.29, 0.717) is 37.6 Å². The lowest BCUT2D eigenvalue weighted by atomic mass is 10.1. The first-order valence-corrected chi connectivity index (χ1v) is 10.0. The minimum atomic E-state index is -0.411. The SMILES string of the molecule is Cc1ccc(CNC(=O)c2cn(C)c3cnc(CN4CCOCC4)nc3c2=O)cc1. The van der Waals surface area contributed by atoms with Gasteiger partial charge in [-0.3, -0.25) is 14.5 Å². The number of hydrogen-bond donors (Lipinski definition) is 1. The Morgan fingerprint density at radius 2 is 1.93 bits per heavy atom. The van der Waals surface area contributed by atoms with Crippen LogP contribution >= 0.6 is 0 Å². The van der Waals surface area contributed by atoms with Crippen LogP contribution in [-0.4, -0.2) is 51.6 Å². The van der Waals surface area contributed by atoms with Crippen molar-refractivity contribution in [3.63, 3.8) is 0 Å². The summed E-state index contributed by atoms with van der Waals surface area (Å²) in [5.74, 6) is 0.158. The van der Waals surface area contributed by atoms with E-state index in [-0.39, 0.29) is 16.5 Å². The molecule has 1 aliphatic rings. The predicted octanol–water partition coefficient (Wildman–Crippen LogP) is 1.40. The zero-order valence-electron chi connectivity index (χ0n) is 17.2. The van der Waals surface area contributed by atoms with Gasteiger partial charge in [-0.2, -0.15) is 0 Å². The molecule has 1 fully saturated rings. The maximum atomic E-state index is 13.0. The van der Waals surface area contributed by atoms with E-state index in [1.165, 1.54) is 0 Å². The number of morpholine rings is 1. The molecule has 1 amide bonds. The van der Waals surface area contributed by atoms with Crippen LogP contribution in [0.25, 0.3) is 11.0 Å². The Morgan fingerprint density at radius 3 is 2.67 bits per heavy atom. The van der Waals surface area contributed by atoms with Crippen LogP contribution in [0.5, 0.6) is 0 Å². The lowest BCUT2D eigenvalue weighted by Gasteiger charge is -2.25. The molecule has 2 aromatic heterocycles. The van der Waals surface area contributed by atoms with Crippen molar-refractivity contribution in [2.24, 2.45) is 7.05 Å². The Morgan fingerprint density at radius 1 is 1.20 bits per heavy atom. The standard InChI is InChI=1S/C22H25N5O3/c1-15-3-5-16(6-4-15)11-24-22(29)17-13-26(2)18-12-23-19(25-20(18)21(17)28)14-27-7-9-30-10-8-27/h3-6,12-13H,7-11,14H2,1-2H3,(H,24,29). The molecule has 1 N–H and O–H groups in total. The van der Waals surface area contributed by atoms with Crippen molar-refractivity contribution in [2.75, 3.05) is 26.3 Å². The van der Waals surface area contributed by atoms with Crippen LogP contribution in [0.15, 0.2) is 41.5 Å². The topological polar surface area (TPSA) is 89.3 Å². The third kappa shape index (κ3) is 4.39. The van der Waals surface area contributed by atoms with Crippen LogP contribution in [0.2, 0.25) is 0 Å². The molecule has 0 bridgehead atoms. The van der Waals surface area contributed by atoms with Crippen molar-refractivity contribution in [1.82, 2.24) is 24.8 Å². The number of carbonyl (C=O) groups excluding carboxylic acids is 1. The highest BCUT2D eigenvalue weighted by atomic mass is 16.5. The number of amides is 1. The molecule has 8 nitrogen and oxygen atoms in total. The Hall–Kier alpha value is -3.10. The van der Waals surface area contributed by atoms with Crippen LogP contribution in [0, 0.1) is 6.92 Å². The first-order chi connectivity index (χ1) is 14.5. The normalized spacial score (nSPS) is 14.7. The molecule has 30 heavy (non-hydrogen) atoms. The monoisotopic (exact) mass is 407 g/mol. The molecule has 0 spiro atoms. The van der Waals surface area contributed by atoms with Crippen molar-refractivity contribution < 1.29 is 9.53 Å². The van der Waals surface area contributed by atoms with Gasteiger partial charge in [0.05, 0.1) is 31.5 Å². The first-order valence-electron chi connectivity index (χ1n) is 10.0. The van der Waals surface area contributed by atoms with E-state index in [2.05, 4.69) is 20.2 Å². The Labute approximate surface area is 174 Å². The van der Waals surface area contributed by atoms with Gasteiger partial charge in [0.25, 0.3) is 5.91 Å². The maximum absolute atomic E-state index is 13.0. The second kappa shape index (κ2) is 8.73. The summed E-state index contributed by atoms with van der Waals surface area (Å²) in [5, 5.41) is 2.83. The number of pyridine rings is 1. The summed E-state index contributed by atoms with van der Waals surface area (Å²) >= 11 is 0. The van der Waals surface area contributed by atoms with Crippen LogP contribution in [0.4, 0.5) is 0 Å². The zero-order valence-corrected chi connectivity index (χ0v) is 17.2. The van der Waals surface area contributed by atoms with E-state index in [0.717, 1.165) is 24.2 Å². The summed E-state index contributed by atoms with van der Waals surface area (Å²) in [6.45, 7) is 5.89. The lowest BCUT2D eigenvalue weighted by molar-refractivity contribution is 0.0331. The van der Waals surface area contributed by atoms with Gasteiger partial charge in [0, 0.05) is 32.9 Å². The van der Waals surface area contributed by atoms with Crippen molar-refractivity contribution >= 4 is 16.9 Å². The Kier molecular flexibility index (Phi) is 5.87. The third-order valence-electron chi connectivity index (χ3n) is 5.27. The molecule has 0 unspecified atom stereocenters. The largest absolute Gasteiger partial charge is 0.379 e. The molecular formula is C22H25N5O3. The minimum absolute atomic E-state index is 0.0770. The summed E-state index contributed by atoms with van der Waals surface area (Å²) in [7, 11) is 1.78. The van der Waals surface area contributed by atoms with Crippen LogP contribution in [0.3, 0.4) is 0 Å². The number of rotatable bonds is 5. The van der Waals surface area contributed by atoms with E-state index < -0.39 is 5.91 Å². The molecule has 4 rings (SSSR count). The number of nitrogens with one attached hydrogen (secondary N) is 1. The van der Waals surface area contributed by atoms with E-state index in [4.69, 9.17) is 4.74 Å². The quantitative estimate of drug-likeness (QED) is 0.688. The highest BCUT2D eigenvalue weighted by Crippen LogP contribution is 2.11. The average Bonchev–Trinajstić information content (AvgIpc) is 2.76. The molecule has 1 saturated heterocycles. The maximum Gasteiger partial charge on any atom is 0.257 e. The number of benzene rings is 1. The number of nitrogens with zero attached hydrogens (tertiary/aromatic N) is 4. The van der Waals surface area contributed by atoms with Gasteiger partial charge in [-0.1, -0.05) is 29.8 Å². The van der Waals surface area contributed by atoms with Crippen LogP contribution < -0.4 is 10.7 Å². The smallest absolute Gasteiger partial charge is 0.257 e. The number of hydrogen-bond acceptors (Lipinski definition) is 6. The number of fused-ring (bicyclic) bond motifs is 1. The number of carbonyl (C=O) groups is 1. The fraction of sp³-hybridized carbons (Fsp3) is 0.364. The van der Waals surface area contributed by atoms with E-state index in [1.807, 2.05) is 31.2 Å². The highest BCUT2D eigenvalue weighted by Gasteiger charge is 2.18. The van der Waals surface area contributed by atoms with Crippen molar-refractivity contribution in [3.8, 4) is 0 Å². The van der Waals surface area contributed by atoms with Gasteiger partial charge in [0.1, 0.15) is 16.9 Å². The van der Waals surface area contributed by atoms with E-state index in [1.54, 1.807) is 24.0 Å². The zero-order chi connectivity index (χ0) is 21.1.